The Balaban J connectivity index is 1.64. The van der Waals surface area contributed by atoms with Gasteiger partial charge in [0.25, 0.3) is 0 Å². The Morgan fingerprint density at radius 3 is 2.17 bits per heavy atom. The van der Waals surface area contributed by atoms with E-state index in [1.807, 2.05) is 65.6 Å². The van der Waals surface area contributed by atoms with E-state index in [-0.39, 0.29) is 35.0 Å². The first-order valence-corrected chi connectivity index (χ1v) is 17.2. The number of aliphatic hydroxyl groups is 1. The summed E-state index contributed by atoms with van der Waals surface area (Å²) in [7, 11) is 0. The Morgan fingerprint density at radius 2 is 1.61 bits per heavy atom. The predicted octanol–water partition coefficient (Wildman–Crippen LogP) is 6.26. The minimum absolute atomic E-state index is 0.0585. The van der Waals surface area contributed by atoms with Crippen LogP contribution < -0.4 is 4.90 Å². The fraction of sp³-hybridized carbons (Fsp3) is 0.500. The van der Waals surface area contributed by atoms with Crippen LogP contribution in [0.25, 0.3) is 0 Å². The Hall–Kier alpha value is -3.36. The number of benzene rings is 2. The van der Waals surface area contributed by atoms with Crippen molar-refractivity contribution in [3.05, 3.63) is 91.5 Å². The van der Waals surface area contributed by atoms with Gasteiger partial charge in [-0.25, -0.2) is 0 Å². The van der Waals surface area contributed by atoms with E-state index in [2.05, 4.69) is 47.8 Å². The van der Waals surface area contributed by atoms with E-state index >= 15 is 4.79 Å². The summed E-state index contributed by atoms with van der Waals surface area (Å²) in [6.45, 7) is 18.8. The third-order valence-corrected chi connectivity index (χ3v) is 11.8. The van der Waals surface area contributed by atoms with Crippen molar-refractivity contribution >= 4 is 35.2 Å². The number of para-hydroxylation sites is 1. The molecule has 1 N–H and O–H groups in total. The molecule has 0 aliphatic carbocycles. The second-order valence-corrected chi connectivity index (χ2v) is 16.4. The number of fused-ring (bicyclic) bond motifs is 1. The zero-order valence-electron chi connectivity index (χ0n) is 27.9. The molecule has 3 aliphatic heterocycles. The lowest BCUT2D eigenvalue weighted by Crippen LogP contribution is -2.60. The molecular formula is C38H49N3O4S. The molecule has 0 saturated carbocycles. The average Bonchev–Trinajstić information content (AvgIpc) is 3.66. The van der Waals surface area contributed by atoms with Crippen LogP contribution in [0.5, 0.6) is 0 Å². The molecule has 0 aromatic heterocycles. The maximum Gasteiger partial charge on any atom is 0.247 e. The number of carbonyl (C=O) groups is 3. The molecule has 6 atom stereocenters. The Morgan fingerprint density at radius 1 is 1.00 bits per heavy atom. The van der Waals surface area contributed by atoms with Crippen LogP contribution in [0.3, 0.4) is 0 Å². The summed E-state index contributed by atoms with van der Waals surface area (Å²) in [6.07, 6.45) is 5.58. The molecule has 46 heavy (non-hydrogen) atoms. The monoisotopic (exact) mass is 643 g/mol. The first kappa shape index (κ1) is 34.0. The highest BCUT2D eigenvalue weighted by molar-refractivity contribution is 8.02. The van der Waals surface area contributed by atoms with Crippen LogP contribution in [0.2, 0.25) is 0 Å². The normalized spacial score (nSPS) is 26.0. The zero-order chi connectivity index (χ0) is 33.4. The molecule has 2 bridgehead atoms. The lowest BCUT2D eigenvalue weighted by atomic mass is 9.70. The Labute approximate surface area is 278 Å². The van der Waals surface area contributed by atoms with E-state index in [9.17, 15) is 14.7 Å². The molecule has 3 fully saturated rings. The Kier molecular flexibility index (Phi) is 9.63. The fourth-order valence-corrected chi connectivity index (χ4v) is 10.8. The maximum absolute atomic E-state index is 15.2. The van der Waals surface area contributed by atoms with Crippen LogP contribution in [0.15, 0.2) is 86.0 Å². The van der Waals surface area contributed by atoms with E-state index < -0.39 is 34.2 Å². The molecule has 3 aliphatic rings. The van der Waals surface area contributed by atoms with Crippen molar-refractivity contribution in [2.24, 2.45) is 17.3 Å². The van der Waals surface area contributed by atoms with Gasteiger partial charge >= 0.3 is 0 Å². The Bertz CT molecular complexity index is 1460. The van der Waals surface area contributed by atoms with Gasteiger partial charge in [-0.2, -0.15) is 0 Å². The van der Waals surface area contributed by atoms with Crippen molar-refractivity contribution in [3.63, 3.8) is 0 Å². The predicted molar refractivity (Wildman–Crippen MR) is 186 cm³/mol. The van der Waals surface area contributed by atoms with Crippen molar-refractivity contribution in [1.82, 2.24) is 9.80 Å². The lowest BCUT2D eigenvalue weighted by Gasteiger charge is -2.46. The number of aliphatic hydroxyl groups excluding tert-OH is 1. The van der Waals surface area contributed by atoms with Gasteiger partial charge in [-0.15, -0.1) is 24.9 Å². The van der Waals surface area contributed by atoms with Gasteiger partial charge in [-0.1, -0.05) is 81.5 Å². The number of likely N-dealkylation sites (tertiary alicyclic amines) is 1. The summed E-state index contributed by atoms with van der Waals surface area (Å²) in [6, 6.07) is 17.3. The second kappa shape index (κ2) is 13.0. The molecule has 246 valence electrons. The van der Waals surface area contributed by atoms with Crippen molar-refractivity contribution in [2.75, 3.05) is 24.6 Å². The summed E-state index contributed by atoms with van der Waals surface area (Å²) in [5, 5.41) is 10.8. The van der Waals surface area contributed by atoms with Crippen LogP contribution in [0, 0.1) is 17.3 Å². The van der Waals surface area contributed by atoms with Gasteiger partial charge in [0.15, 0.2) is 0 Å². The third kappa shape index (κ3) is 5.95. The minimum Gasteiger partial charge on any atom is -0.394 e. The summed E-state index contributed by atoms with van der Waals surface area (Å²) < 4.78 is -0.796. The summed E-state index contributed by atoms with van der Waals surface area (Å²) in [4.78, 5) is 50.0. The largest absolute Gasteiger partial charge is 0.394 e. The minimum atomic E-state index is -0.848. The number of nitrogens with zero attached hydrogens (tertiary/aromatic N) is 3. The van der Waals surface area contributed by atoms with E-state index in [4.69, 9.17) is 0 Å². The van der Waals surface area contributed by atoms with Crippen molar-refractivity contribution in [1.29, 1.82) is 0 Å². The lowest BCUT2D eigenvalue weighted by molar-refractivity contribution is -0.149. The molecule has 0 radical (unpaired) electrons. The average molecular weight is 644 g/mol. The number of thioether (sulfide) groups is 1. The zero-order valence-corrected chi connectivity index (χ0v) is 28.7. The van der Waals surface area contributed by atoms with Crippen LogP contribution >= 0.6 is 11.8 Å². The molecule has 2 unspecified atom stereocenters. The van der Waals surface area contributed by atoms with Crippen molar-refractivity contribution < 1.29 is 19.5 Å². The number of hydrogen-bond donors (Lipinski definition) is 1. The first-order valence-electron chi connectivity index (χ1n) is 16.4. The number of anilines is 1. The fourth-order valence-electron chi connectivity index (χ4n) is 8.56. The molecular weight excluding hydrogens is 595 g/mol. The van der Waals surface area contributed by atoms with Crippen molar-refractivity contribution in [3.8, 4) is 0 Å². The van der Waals surface area contributed by atoms with E-state index in [0.29, 0.717) is 19.5 Å². The second-order valence-electron chi connectivity index (χ2n) is 14.8. The summed E-state index contributed by atoms with van der Waals surface area (Å²) in [5.74, 6) is -1.78. The highest BCUT2D eigenvalue weighted by Crippen LogP contribution is 2.67. The van der Waals surface area contributed by atoms with Crippen molar-refractivity contribution in [2.45, 2.75) is 81.5 Å². The molecule has 3 heterocycles. The summed E-state index contributed by atoms with van der Waals surface area (Å²) in [5.41, 5.74) is 0.912. The third-order valence-electron chi connectivity index (χ3n) is 9.87. The molecule has 1 spiro atoms. The first-order chi connectivity index (χ1) is 21.8. The quantitative estimate of drug-likeness (QED) is 0.276. The molecule has 2 aromatic rings. The van der Waals surface area contributed by atoms with Gasteiger partial charge in [0.2, 0.25) is 17.7 Å². The topological polar surface area (TPSA) is 81.2 Å². The van der Waals surface area contributed by atoms with Gasteiger partial charge in [-0.3, -0.25) is 14.4 Å². The molecule has 3 saturated heterocycles. The number of amides is 3. The van der Waals surface area contributed by atoms with E-state index in [1.165, 1.54) is 0 Å². The number of hydrogen-bond acceptors (Lipinski definition) is 5. The maximum atomic E-state index is 15.2. The molecule has 8 heteroatoms. The SMILES string of the molecule is C=CCN(C(=O)[C@@H]1[C@@H]2CCC3(S2)C(C(=O)N(CC=C)C(C)(C)CC(C)(C)C)N([C@H](CO)c2ccccc2)C(=O)[C@H]13)c1ccccc1. The highest BCUT2D eigenvalue weighted by Gasteiger charge is 2.75. The van der Waals surface area contributed by atoms with Crippen LogP contribution in [-0.4, -0.2) is 73.9 Å². The van der Waals surface area contributed by atoms with Crippen LogP contribution in [-0.2, 0) is 14.4 Å². The standard InChI is InChI=1S/C38H49N3O4S/c1-8-22-39(27-18-14-11-15-19-27)33(43)30-29-20-21-38(46-29)31(30)34(44)41(28(24-42)26-16-12-10-13-17-26)32(38)35(45)40(23-9-2)37(6,7)25-36(3,4)5/h8-19,28-32,42H,1-2,20-25H2,3-7H3/t28-,29+,30-,31+,32?,38?/m1/s1. The summed E-state index contributed by atoms with van der Waals surface area (Å²) >= 11 is 1.65. The smallest absolute Gasteiger partial charge is 0.247 e. The van der Waals surface area contributed by atoms with E-state index in [0.717, 1.165) is 24.1 Å². The number of rotatable bonds is 12. The van der Waals surface area contributed by atoms with Crippen LogP contribution in [0.4, 0.5) is 5.69 Å². The number of carbonyl (C=O) groups excluding carboxylic acids is 3. The van der Waals surface area contributed by atoms with E-state index in [1.54, 1.807) is 33.7 Å². The van der Waals surface area contributed by atoms with Crippen LogP contribution in [0.1, 0.15) is 65.5 Å². The molecule has 3 amide bonds. The molecule has 5 rings (SSSR count). The van der Waals surface area contributed by atoms with Gasteiger partial charge in [0, 0.05) is 29.6 Å². The van der Waals surface area contributed by atoms with Gasteiger partial charge < -0.3 is 19.8 Å². The van der Waals surface area contributed by atoms with Gasteiger partial charge in [0.1, 0.15) is 6.04 Å². The van der Waals surface area contributed by atoms with Gasteiger partial charge in [-0.05, 0) is 56.2 Å². The molecule has 2 aromatic carbocycles. The molecule has 7 nitrogen and oxygen atoms in total. The van der Waals surface area contributed by atoms with Gasteiger partial charge in [0.05, 0.1) is 29.2 Å². The highest BCUT2D eigenvalue weighted by atomic mass is 32.2.